The molecule has 0 spiro atoms. The van der Waals surface area contributed by atoms with Crippen molar-refractivity contribution < 1.29 is 13.2 Å². The predicted molar refractivity (Wildman–Crippen MR) is 51.8 cm³/mol. The average Bonchev–Trinajstić information content (AvgIpc) is 2.14. The molecule has 0 fully saturated rings. The van der Waals surface area contributed by atoms with Crippen molar-refractivity contribution in [1.82, 2.24) is 4.72 Å². The smallest absolute Gasteiger partial charge is 0.260 e. The van der Waals surface area contributed by atoms with Crippen molar-refractivity contribution in [3.05, 3.63) is 35.4 Å². The monoisotopic (exact) mass is 221 g/mol. The Morgan fingerprint density at radius 3 is 2.64 bits per heavy atom. The first-order valence-electron chi connectivity index (χ1n) is 3.96. The maximum absolute atomic E-state index is 12.3. The third-order valence-corrected chi connectivity index (χ3v) is 2.11. The van der Waals surface area contributed by atoms with E-state index in [0.717, 1.165) is 12.1 Å². The van der Waals surface area contributed by atoms with Crippen molar-refractivity contribution >= 4 is 11.9 Å². The van der Waals surface area contributed by atoms with E-state index in [0.29, 0.717) is 12.1 Å². The van der Waals surface area contributed by atoms with Crippen LogP contribution in [0.25, 0.3) is 0 Å². The lowest BCUT2D eigenvalue weighted by Gasteiger charge is -2.08. The Hall–Kier alpha value is -0.680. The first-order chi connectivity index (χ1) is 6.54. The number of benzene rings is 1. The highest BCUT2D eigenvalue weighted by Crippen LogP contribution is 2.29. The van der Waals surface area contributed by atoms with Gasteiger partial charge in [0.1, 0.15) is 0 Å². The van der Waals surface area contributed by atoms with Crippen molar-refractivity contribution in [3.8, 4) is 0 Å². The maximum Gasteiger partial charge on any atom is 0.416 e. The highest BCUT2D eigenvalue weighted by molar-refractivity contribution is 7.96. The SMILES string of the molecule is CSNCc1cccc(C(F)(F)F)c1. The molecule has 78 valence electrons. The Bertz CT molecular complexity index is 298. The molecule has 0 aliphatic heterocycles. The molecule has 0 saturated heterocycles. The zero-order valence-electron chi connectivity index (χ0n) is 7.56. The second-order valence-electron chi connectivity index (χ2n) is 2.72. The third-order valence-electron chi connectivity index (χ3n) is 1.67. The van der Waals surface area contributed by atoms with Gasteiger partial charge < -0.3 is 0 Å². The fraction of sp³-hybridized carbons (Fsp3) is 0.333. The summed E-state index contributed by atoms with van der Waals surface area (Å²) >= 11 is 1.38. The van der Waals surface area contributed by atoms with Gasteiger partial charge >= 0.3 is 6.18 Å². The summed E-state index contributed by atoms with van der Waals surface area (Å²) in [5.74, 6) is 0. The summed E-state index contributed by atoms with van der Waals surface area (Å²) in [7, 11) is 0. The normalized spacial score (nSPS) is 11.7. The Morgan fingerprint density at radius 2 is 2.07 bits per heavy atom. The molecule has 0 aliphatic carbocycles. The van der Waals surface area contributed by atoms with Crippen molar-refractivity contribution in [2.45, 2.75) is 12.7 Å². The molecule has 0 aliphatic rings. The summed E-state index contributed by atoms with van der Waals surface area (Å²) < 4.78 is 39.7. The van der Waals surface area contributed by atoms with E-state index in [2.05, 4.69) is 4.72 Å². The van der Waals surface area contributed by atoms with Crippen LogP contribution >= 0.6 is 11.9 Å². The van der Waals surface area contributed by atoms with E-state index in [1.807, 2.05) is 6.26 Å². The number of hydrogen-bond donors (Lipinski definition) is 1. The first kappa shape index (κ1) is 11.4. The van der Waals surface area contributed by atoms with E-state index < -0.39 is 11.7 Å². The van der Waals surface area contributed by atoms with Crippen LogP contribution in [0.15, 0.2) is 24.3 Å². The largest absolute Gasteiger partial charge is 0.416 e. The van der Waals surface area contributed by atoms with Gasteiger partial charge in [-0.3, -0.25) is 4.72 Å². The molecule has 1 N–H and O–H groups in total. The molecule has 1 nitrogen and oxygen atoms in total. The molecule has 0 radical (unpaired) electrons. The molecule has 0 heterocycles. The fourth-order valence-electron chi connectivity index (χ4n) is 1.01. The number of alkyl halides is 3. The molecule has 1 aromatic rings. The Morgan fingerprint density at radius 1 is 1.36 bits per heavy atom. The minimum Gasteiger partial charge on any atom is -0.260 e. The molecular weight excluding hydrogens is 211 g/mol. The topological polar surface area (TPSA) is 12.0 Å². The zero-order valence-corrected chi connectivity index (χ0v) is 8.38. The molecule has 1 aromatic carbocycles. The van der Waals surface area contributed by atoms with Crippen LogP contribution in [0.1, 0.15) is 11.1 Å². The van der Waals surface area contributed by atoms with Crippen LogP contribution in [0.5, 0.6) is 0 Å². The van der Waals surface area contributed by atoms with E-state index in [4.69, 9.17) is 0 Å². The molecule has 0 amide bonds. The van der Waals surface area contributed by atoms with Gasteiger partial charge in [-0.15, -0.1) is 0 Å². The summed E-state index contributed by atoms with van der Waals surface area (Å²) in [5.41, 5.74) is 0.0343. The Kier molecular flexibility index (Phi) is 3.83. The molecule has 0 saturated carbocycles. The summed E-state index contributed by atoms with van der Waals surface area (Å²) in [5, 5.41) is 0. The second-order valence-corrected chi connectivity index (χ2v) is 3.42. The lowest BCUT2D eigenvalue weighted by Crippen LogP contribution is -2.07. The van der Waals surface area contributed by atoms with Crippen molar-refractivity contribution in [3.63, 3.8) is 0 Å². The van der Waals surface area contributed by atoms with E-state index in [1.54, 1.807) is 6.07 Å². The van der Waals surface area contributed by atoms with Crippen LogP contribution in [0.3, 0.4) is 0 Å². The number of rotatable bonds is 3. The van der Waals surface area contributed by atoms with Crippen LogP contribution in [0.2, 0.25) is 0 Å². The molecule has 14 heavy (non-hydrogen) atoms. The highest BCUT2D eigenvalue weighted by atomic mass is 32.2. The van der Waals surface area contributed by atoms with Gasteiger partial charge in [-0.1, -0.05) is 30.1 Å². The Labute approximate surface area is 84.8 Å². The molecule has 0 bridgehead atoms. The van der Waals surface area contributed by atoms with E-state index in [1.165, 1.54) is 18.0 Å². The molecule has 0 aromatic heterocycles. The molecule has 0 unspecified atom stereocenters. The third kappa shape index (κ3) is 3.23. The minimum absolute atomic E-state index is 0.436. The average molecular weight is 221 g/mol. The van der Waals surface area contributed by atoms with Crippen LogP contribution < -0.4 is 4.72 Å². The minimum atomic E-state index is -4.25. The van der Waals surface area contributed by atoms with Gasteiger partial charge in [0.15, 0.2) is 0 Å². The van der Waals surface area contributed by atoms with E-state index in [-0.39, 0.29) is 0 Å². The fourth-order valence-corrected chi connectivity index (χ4v) is 1.32. The lowest BCUT2D eigenvalue weighted by atomic mass is 10.1. The van der Waals surface area contributed by atoms with Gasteiger partial charge in [-0.2, -0.15) is 13.2 Å². The van der Waals surface area contributed by atoms with Gasteiger partial charge in [0.25, 0.3) is 0 Å². The summed E-state index contributed by atoms with van der Waals surface area (Å²) in [6.07, 6.45) is -2.43. The maximum atomic E-state index is 12.3. The van der Waals surface area contributed by atoms with Gasteiger partial charge in [0.2, 0.25) is 0 Å². The predicted octanol–water partition coefficient (Wildman–Crippen LogP) is 3.07. The summed E-state index contributed by atoms with van der Waals surface area (Å²) in [4.78, 5) is 0. The van der Waals surface area contributed by atoms with Gasteiger partial charge in [-0.05, 0) is 17.9 Å². The number of hydrogen-bond acceptors (Lipinski definition) is 2. The van der Waals surface area contributed by atoms with Crippen LogP contribution in [0.4, 0.5) is 13.2 Å². The highest BCUT2D eigenvalue weighted by Gasteiger charge is 2.30. The number of halogens is 3. The van der Waals surface area contributed by atoms with E-state index >= 15 is 0 Å². The molecule has 1 rings (SSSR count). The van der Waals surface area contributed by atoms with Gasteiger partial charge in [-0.25, -0.2) is 0 Å². The van der Waals surface area contributed by atoms with E-state index in [9.17, 15) is 13.2 Å². The van der Waals surface area contributed by atoms with Gasteiger partial charge in [0.05, 0.1) is 5.56 Å². The Balaban J connectivity index is 2.79. The molecule has 5 heteroatoms. The van der Waals surface area contributed by atoms with Crippen molar-refractivity contribution in [2.75, 3.05) is 6.26 Å². The van der Waals surface area contributed by atoms with Gasteiger partial charge in [0, 0.05) is 6.54 Å². The standard InChI is InChI=1S/C9H10F3NS/c1-14-13-6-7-3-2-4-8(5-7)9(10,11)12/h2-5,13H,6H2,1H3. The second kappa shape index (κ2) is 4.70. The van der Waals surface area contributed by atoms with Crippen LogP contribution in [-0.2, 0) is 12.7 Å². The quantitative estimate of drug-likeness (QED) is 0.787. The van der Waals surface area contributed by atoms with Crippen molar-refractivity contribution in [2.24, 2.45) is 0 Å². The van der Waals surface area contributed by atoms with Crippen molar-refractivity contribution in [1.29, 1.82) is 0 Å². The molecular formula is C9H10F3NS. The van der Waals surface area contributed by atoms with Crippen LogP contribution in [0, 0.1) is 0 Å². The summed E-state index contributed by atoms with van der Waals surface area (Å²) in [6.45, 7) is 0.436. The zero-order chi connectivity index (χ0) is 10.6. The van der Waals surface area contributed by atoms with Crippen LogP contribution in [-0.4, -0.2) is 6.26 Å². The lowest BCUT2D eigenvalue weighted by molar-refractivity contribution is -0.137. The summed E-state index contributed by atoms with van der Waals surface area (Å²) in [6, 6.07) is 5.31. The molecule has 0 atom stereocenters. The number of nitrogens with one attached hydrogen (secondary N) is 1. The first-order valence-corrected chi connectivity index (χ1v) is 5.18.